The van der Waals surface area contributed by atoms with Crippen molar-refractivity contribution in [3.63, 3.8) is 0 Å². The van der Waals surface area contributed by atoms with Crippen molar-refractivity contribution in [1.29, 1.82) is 0 Å². The predicted molar refractivity (Wildman–Crippen MR) is 82.6 cm³/mol. The Morgan fingerprint density at radius 3 is 2.41 bits per heavy atom. The number of hydrogen-bond donors (Lipinski definition) is 1. The van der Waals surface area contributed by atoms with Crippen LogP contribution in [0.4, 0.5) is 0 Å². The molecule has 0 amide bonds. The molecule has 2 aromatic rings. The van der Waals surface area contributed by atoms with Gasteiger partial charge in [-0.2, -0.15) is 0 Å². The molecule has 1 nitrogen and oxygen atoms in total. The molecule has 0 fully saturated rings. The van der Waals surface area contributed by atoms with Gasteiger partial charge in [0.05, 0.1) is 4.34 Å². The number of aliphatic hydroxyl groups is 1. The minimum Gasteiger partial charge on any atom is -0.384 e. The van der Waals surface area contributed by atoms with Crippen LogP contribution in [-0.4, -0.2) is 5.11 Å². The second-order valence-corrected chi connectivity index (χ2v) is 7.23. The number of thiophene rings is 1. The van der Waals surface area contributed by atoms with Gasteiger partial charge in [0.1, 0.15) is 10.4 Å². The molecule has 0 bridgehead atoms. The smallest absolute Gasteiger partial charge is 0.107 e. The molecule has 0 spiro atoms. The van der Waals surface area contributed by atoms with Crippen LogP contribution in [0.25, 0.3) is 0 Å². The zero-order chi connectivity index (χ0) is 12.6. The summed E-state index contributed by atoms with van der Waals surface area (Å²) in [5, 5.41) is 10.9. The van der Waals surface area contributed by atoms with Crippen LogP contribution in [0.3, 0.4) is 0 Å². The van der Waals surface area contributed by atoms with Gasteiger partial charge in [-0.3, -0.25) is 0 Å². The van der Waals surface area contributed by atoms with Gasteiger partial charge in [-0.05, 0) is 52.4 Å². The minimum atomic E-state index is -0.808. The van der Waals surface area contributed by atoms with Crippen molar-refractivity contribution in [2.24, 2.45) is 0 Å². The normalized spacial score (nSPS) is 12.8. The van der Waals surface area contributed by atoms with Crippen molar-refractivity contribution < 1.29 is 5.11 Å². The van der Waals surface area contributed by atoms with Gasteiger partial charge in [0, 0.05) is 14.2 Å². The highest BCUT2D eigenvalue weighted by atomic mass is 127. The molecule has 1 aromatic heterocycles. The molecule has 1 aromatic carbocycles. The van der Waals surface area contributed by atoms with Crippen molar-refractivity contribution >= 4 is 68.7 Å². The lowest BCUT2D eigenvalue weighted by atomic mass is 10.0. The SMILES string of the molecule is OC(c1cc(Cl)ccc1I)c1cc(Cl)sc1Cl. The Balaban J connectivity index is 2.46. The van der Waals surface area contributed by atoms with E-state index in [1.165, 1.54) is 11.3 Å². The zero-order valence-corrected chi connectivity index (χ0v) is 13.5. The van der Waals surface area contributed by atoms with Gasteiger partial charge in [0.15, 0.2) is 0 Å². The molecular formula is C11H6Cl3IOS. The first-order valence-electron chi connectivity index (χ1n) is 4.57. The van der Waals surface area contributed by atoms with E-state index in [4.69, 9.17) is 34.8 Å². The third-order valence-corrected chi connectivity index (χ3v) is 4.97. The molecule has 0 saturated heterocycles. The van der Waals surface area contributed by atoms with E-state index in [1.54, 1.807) is 18.2 Å². The fourth-order valence-electron chi connectivity index (χ4n) is 1.43. The summed E-state index contributed by atoms with van der Waals surface area (Å²) < 4.78 is 1.98. The maximum atomic E-state index is 10.3. The van der Waals surface area contributed by atoms with Crippen molar-refractivity contribution in [2.45, 2.75) is 6.10 Å². The molecular weight excluding hydrogens is 413 g/mol. The summed E-state index contributed by atoms with van der Waals surface area (Å²) in [5.74, 6) is 0. The Labute approximate surface area is 131 Å². The second kappa shape index (κ2) is 5.63. The van der Waals surface area contributed by atoms with Crippen LogP contribution in [0.5, 0.6) is 0 Å². The molecule has 0 aliphatic carbocycles. The number of benzene rings is 1. The molecule has 17 heavy (non-hydrogen) atoms. The first-order chi connectivity index (χ1) is 7.99. The zero-order valence-electron chi connectivity index (χ0n) is 8.25. The van der Waals surface area contributed by atoms with Gasteiger partial charge < -0.3 is 5.11 Å². The van der Waals surface area contributed by atoms with Crippen LogP contribution in [0.15, 0.2) is 24.3 Å². The summed E-state index contributed by atoms with van der Waals surface area (Å²) in [6.07, 6.45) is -0.808. The van der Waals surface area contributed by atoms with Crippen molar-refractivity contribution in [3.8, 4) is 0 Å². The lowest BCUT2D eigenvalue weighted by Gasteiger charge is -2.12. The topological polar surface area (TPSA) is 20.2 Å². The standard InChI is InChI=1S/C11H6Cl3IOS/c12-5-1-2-8(15)6(3-5)10(16)7-4-9(13)17-11(7)14/h1-4,10,16H. The third-order valence-electron chi connectivity index (χ3n) is 2.23. The highest BCUT2D eigenvalue weighted by Gasteiger charge is 2.19. The van der Waals surface area contributed by atoms with Crippen LogP contribution in [0.2, 0.25) is 13.7 Å². The van der Waals surface area contributed by atoms with Crippen molar-refractivity contribution in [3.05, 3.63) is 52.7 Å². The van der Waals surface area contributed by atoms with Gasteiger partial charge in [-0.15, -0.1) is 11.3 Å². The summed E-state index contributed by atoms with van der Waals surface area (Å²) in [5.41, 5.74) is 1.34. The monoisotopic (exact) mass is 418 g/mol. The van der Waals surface area contributed by atoms with E-state index < -0.39 is 6.10 Å². The summed E-state index contributed by atoms with van der Waals surface area (Å²) in [4.78, 5) is 0. The number of rotatable bonds is 2. The quantitative estimate of drug-likeness (QED) is 0.647. The number of halogens is 4. The van der Waals surface area contributed by atoms with Crippen LogP contribution in [0, 0.1) is 3.57 Å². The van der Waals surface area contributed by atoms with E-state index in [-0.39, 0.29) is 0 Å². The molecule has 2 rings (SSSR count). The van der Waals surface area contributed by atoms with E-state index in [0.717, 1.165) is 9.13 Å². The average Bonchev–Trinajstić information content (AvgIpc) is 2.60. The Morgan fingerprint density at radius 1 is 1.12 bits per heavy atom. The van der Waals surface area contributed by atoms with E-state index in [2.05, 4.69) is 22.6 Å². The summed E-state index contributed by atoms with van der Waals surface area (Å²) in [7, 11) is 0. The maximum absolute atomic E-state index is 10.3. The van der Waals surface area contributed by atoms with E-state index in [0.29, 0.717) is 19.3 Å². The van der Waals surface area contributed by atoms with Gasteiger partial charge in [-0.1, -0.05) is 34.8 Å². The summed E-state index contributed by atoms with van der Waals surface area (Å²) in [6.45, 7) is 0. The second-order valence-electron chi connectivity index (χ2n) is 3.35. The molecule has 1 N–H and O–H groups in total. The highest BCUT2D eigenvalue weighted by Crippen LogP contribution is 2.38. The molecule has 6 heteroatoms. The molecule has 0 radical (unpaired) electrons. The largest absolute Gasteiger partial charge is 0.384 e. The minimum absolute atomic E-state index is 0.498. The Morgan fingerprint density at radius 2 is 1.82 bits per heavy atom. The van der Waals surface area contributed by atoms with Gasteiger partial charge in [0.25, 0.3) is 0 Å². The Bertz CT molecular complexity index is 556. The van der Waals surface area contributed by atoms with Crippen LogP contribution in [-0.2, 0) is 0 Å². The van der Waals surface area contributed by atoms with Crippen molar-refractivity contribution in [1.82, 2.24) is 0 Å². The fraction of sp³-hybridized carbons (Fsp3) is 0.0909. The first-order valence-corrected chi connectivity index (χ1v) is 7.59. The molecule has 90 valence electrons. The van der Waals surface area contributed by atoms with Gasteiger partial charge in [0.2, 0.25) is 0 Å². The Kier molecular flexibility index (Phi) is 4.61. The Hall–Kier alpha value is 0.480. The average molecular weight is 419 g/mol. The van der Waals surface area contributed by atoms with E-state index in [9.17, 15) is 5.11 Å². The lowest BCUT2D eigenvalue weighted by Crippen LogP contribution is -2.01. The highest BCUT2D eigenvalue weighted by molar-refractivity contribution is 14.1. The molecule has 1 heterocycles. The fourth-order valence-corrected chi connectivity index (χ4v) is 3.76. The van der Waals surface area contributed by atoms with Crippen molar-refractivity contribution in [2.75, 3.05) is 0 Å². The first kappa shape index (κ1) is 13.9. The number of hydrogen-bond acceptors (Lipinski definition) is 2. The summed E-state index contributed by atoms with van der Waals surface area (Å²) in [6, 6.07) is 7.04. The van der Waals surface area contributed by atoms with Crippen LogP contribution < -0.4 is 0 Å². The van der Waals surface area contributed by atoms with Gasteiger partial charge in [-0.25, -0.2) is 0 Å². The molecule has 1 unspecified atom stereocenters. The van der Waals surface area contributed by atoms with Gasteiger partial charge >= 0.3 is 0 Å². The lowest BCUT2D eigenvalue weighted by molar-refractivity contribution is 0.220. The summed E-state index contributed by atoms with van der Waals surface area (Å²) >= 11 is 21.2. The molecule has 1 atom stereocenters. The molecule has 0 aliphatic heterocycles. The number of aliphatic hydroxyl groups excluding tert-OH is 1. The molecule has 0 saturated carbocycles. The predicted octanol–water partition coefficient (Wildman–Crippen LogP) is 5.39. The van der Waals surface area contributed by atoms with Crippen LogP contribution in [0.1, 0.15) is 17.2 Å². The van der Waals surface area contributed by atoms with Crippen LogP contribution >= 0.6 is 68.7 Å². The van der Waals surface area contributed by atoms with E-state index >= 15 is 0 Å². The maximum Gasteiger partial charge on any atom is 0.107 e. The van der Waals surface area contributed by atoms with E-state index in [1.807, 2.05) is 6.07 Å². The molecule has 0 aliphatic rings. The third kappa shape index (κ3) is 3.08.